The molecule has 1 fully saturated rings. The highest BCUT2D eigenvalue weighted by atomic mass is 16.5. The molecule has 0 saturated carbocycles. The van der Waals surface area contributed by atoms with Crippen LogP contribution in [-0.2, 0) is 20.9 Å². The summed E-state index contributed by atoms with van der Waals surface area (Å²) in [5, 5.41) is 3.32. The minimum atomic E-state index is -0.510. The molecule has 2 rings (SSSR count). The lowest BCUT2D eigenvalue weighted by Gasteiger charge is -2.33. The Morgan fingerprint density at radius 3 is 2.69 bits per heavy atom. The van der Waals surface area contributed by atoms with Crippen molar-refractivity contribution in [1.82, 2.24) is 10.2 Å². The molecule has 1 heterocycles. The first-order chi connectivity index (χ1) is 12.5. The lowest BCUT2D eigenvalue weighted by atomic mass is 9.97. The van der Waals surface area contributed by atoms with Crippen LogP contribution in [0.4, 0.5) is 0 Å². The third-order valence-electron chi connectivity index (χ3n) is 4.27. The third kappa shape index (κ3) is 5.65. The molecule has 8 nitrogen and oxygen atoms in total. The second-order valence-electron chi connectivity index (χ2n) is 6.09. The van der Waals surface area contributed by atoms with Crippen molar-refractivity contribution in [2.24, 2.45) is 16.6 Å². The van der Waals surface area contributed by atoms with Crippen LogP contribution in [0.15, 0.2) is 29.3 Å². The summed E-state index contributed by atoms with van der Waals surface area (Å²) in [5.74, 6) is 0.701. The molecule has 0 aromatic heterocycles. The first-order valence-corrected chi connectivity index (χ1v) is 8.57. The predicted molar refractivity (Wildman–Crippen MR) is 97.6 cm³/mol. The number of likely N-dealkylation sites (tertiary alicyclic amines) is 1. The van der Waals surface area contributed by atoms with Crippen LogP contribution in [0, 0.1) is 5.92 Å². The molecule has 1 aliphatic heterocycles. The van der Waals surface area contributed by atoms with Gasteiger partial charge in [0.1, 0.15) is 5.75 Å². The van der Waals surface area contributed by atoms with E-state index in [0.29, 0.717) is 12.3 Å². The number of methoxy groups -OCH3 is 1. The lowest BCUT2D eigenvalue weighted by molar-refractivity contribution is -0.146. The van der Waals surface area contributed by atoms with Gasteiger partial charge in [-0.15, -0.1) is 0 Å². The van der Waals surface area contributed by atoms with Crippen LogP contribution in [0.5, 0.6) is 5.75 Å². The van der Waals surface area contributed by atoms with Gasteiger partial charge in [0, 0.05) is 26.7 Å². The number of piperidine rings is 1. The van der Waals surface area contributed by atoms with Gasteiger partial charge in [-0.2, -0.15) is 0 Å². The highest BCUT2D eigenvalue weighted by Crippen LogP contribution is 2.19. The predicted octanol–water partition coefficient (Wildman–Crippen LogP) is 0.511. The fourth-order valence-electron chi connectivity index (χ4n) is 2.91. The molecule has 1 saturated heterocycles. The maximum atomic E-state index is 11.6. The summed E-state index contributed by atoms with van der Waals surface area (Å²) >= 11 is 0. The molecule has 0 aliphatic carbocycles. The average Bonchev–Trinajstić information content (AvgIpc) is 2.67. The number of carbonyl (C=O) groups is 2. The first-order valence-electron chi connectivity index (χ1n) is 8.57. The standard InChI is InChI=1S/C18H26N4O4/c1-20-18(22-8-6-14(7-9-22)17(24)25-2)21-11-13-4-3-5-15(10-13)26-12-16(19)23/h3-5,10,14H,6-9,11-12H2,1-2H3,(H2,19,23)(H,20,21). The molecule has 142 valence electrons. The number of guanidine groups is 1. The Morgan fingerprint density at radius 1 is 1.35 bits per heavy atom. The molecular formula is C18H26N4O4. The zero-order valence-electron chi connectivity index (χ0n) is 15.2. The second-order valence-corrected chi connectivity index (χ2v) is 6.09. The number of nitrogens with one attached hydrogen (secondary N) is 1. The number of rotatable bonds is 6. The van der Waals surface area contributed by atoms with Gasteiger partial charge in [0.25, 0.3) is 5.91 Å². The van der Waals surface area contributed by atoms with Crippen molar-refractivity contribution in [3.63, 3.8) is 0 Å². The Morgan fingerprint density at radius 2 is 2.08 bits per heavy atom. The molecule has 0 radical (unpaired) electrons. The summed E-state index contributed by atoms with van der Waals surface area (Å²) in [4.78, 5) is 28.9. The first kappa shape index (κ1) is 19.6. The molecule has 26 heavy (non-hydrogen) atoms. The maximum absolute atomic E-state index is 11.6. The zero-order chi connectivity index (χ0) is 18.9. The number of amides is 1. The van der Waals surface area contributed by atoms with Crippen molar-refractivity contribution < 1.29 is 19.1 Å². The minimum absolute atomic E-state index is 0.0338. The van der Waals surface area contributed by atoms with E-state index in [1.54, 1.807) is 13.1 Å². The largest absolute Gasteiger partial charge is 0.484 e. The Kier molecular flexibility index (Phi) is 7.25. The van der Waals surface area contributed by atoms with Gasteiger partial charge in [-0.05, 0) is 30.5 Å². The van der Waals surface area contributed by atoms with Gasteiger partial charge in [0.05, 0.1) is 13.0 Å². The average molecular weight is 362 g/mol. The number of benzene rings is 1. The van der Waals surface area contributed by atoms with Crippen molar-refractivity contribution in [2.75, 3.05) is 33.9 Å². The summed E-state index contributed by atoms with van der Waals surface area (Å²) in [6, 6.07) is 7.45. The van der Waals surface area contributed by atoms with E-state index in [4.69, 9.17) is 15.2 Å². The van der Waals surface area contributed by atoms with Gasteiger partial charge < -0.3 is 25.4 Å². The summed E-state index contributed by atoms with van der Waals surface area (Å²) in [6.07, 6.45) is 1.51. The van der Waals surface area contributed by atoms with Crippen molar-refractivity contribution in [3.8, 4) is 5.75 Å². The van der Waals surface area contributed by atoms with E-state index < -0.39 is 5.91 Å². The third-order valence-corrected chi connectivity index (χ3v) is 4.27. The van der Waals surface area contributed by atoms with Gasteiger partial charge in [0.15, 0.2) is 12.6 Å². The van der Waals surface area contributed by atoms with Crippen molar-refractivity contribution in [2.45, 2.75) is 19.4 Å². The summed E-state index contributed by atoms with van der Waals surface area (Å²) in [5.41, 5.74) is 6.09. The van der Waals surface area contributed by atoms with Crippen molar-refractivity contribution in [1.29, 1.82) is 0 Å². The van der Waals surface area contributed by atoms with Crippen LogP contribution in [-0.4, -0.2) is 56.6 Å². The normalized spacial score (nSPS) is 15.5. The van der Waals surface area contributed by atoms with E-state index in [1.807, 2.05) is 18.2 Å². The molecule has 1 aromatic rings. The molecule has 1 amide bonds. The molecule has 3 N–H and O–H groups in total. The highest BCUT2D eigenvalue weighted by molar-refractivity contribution is 5.80. The van der Waals surface area contributed by atoms with E-state index in [-0.39, 0.29) is 18.5 Å². The van der Waals surface area contributed by atoms with Crippen LogP contribution < -0.4 is 15.8 Å². The van der Waals surface area contributed by atoms with Crippen molar-refractivity contribution >= 4 is 17.8 Å². The topological polar surface area (TPSA) is 106 Å². The van der Waals surface area contributed by atoms with E-state index in [9.17, 15) is 9.59 Å². The monoisotopic (exact) mass is 362 g/mol. The van der Waals surface area contributed by atoms with E-state index in [1.165, 1.54) is 7.11 Å². The van der Waals surface area contributed by atoms with E-state index >= 15 is 0 Å². The Labute approximate surface area is 153 Å². The molecule has 0 unspecified atom stereocenters. The van der Waals surface area contributed by atoms with E-state index in [2.05, 4.69) is 15.2 Å². The Bertz CT molecular complexity index is 654. The molecule has 1 aromatic carbocycles. The molecule has 0 atom stereocenters. The van der Waals surface area contributed by atoms with Gasteiger partial charge in [0.2, 0.25) is 0 Å². The number of esters is 1. The van der Waals surface area contributed by atoms with Gasteiger partial charge >= 0.3 is 5.97 Å². The molecule has 8 heteroatoms. The quantitative estimate of drug-likeness (QED) is 0.434. The fourth-order valence-corrected chi connectivity index (χ4v) is 2.91. The highest BCUT2D eigenvalue weighted by Gasteiger charge is 2.26. The summed E-state index contributed by atoms with van der Waals surface area (Å²) in [6.45, 7) is 1.92. The van der Waals surface area contributed by atoms with Crippen LogP contribution >= 0.6 is 0 Å². The number of primary amides is 1. The molecule has 1 aliphatic rings. The van der Waals surface area contributed by atoms with Crippen LogP contribution in [0.2, 0.25) is 0 Å². The molecular weight excluding hydrogens is 336 g/mol. The minimum Gasteiger partial charge on any atom is -0.484 e. The maximum Gasteiger partial charge on any atom is 0.308 e. The summed E-state index contributed by atoms with van der Waals surface area (Å²) in [7, 11) is 3.16. The zero-order valence-corrected chi connectivity index (χ0v) is 15.2. The van der Waals surface area contributed by atoms with Crippen LogP contribution in [0.25, 0.3) is 0 Å². The SMILES string of the molecule is CN=C(NCc1cccc(OCC(N)=O)c1)N1CCC(C(=O)OC)CC1. The molecule has 0 spiro atoms. The van der Waals surface area contributed by atoms with Gasteiger partial charge in [-0.1, -0.05) is 12.1 Å². The number of hydrogen-bond acceptors (Lipinski definition) is 5. The second kappa shape index (κ2) is 9.65. The number of aliphatic imine (C=N–C) groups is 1. The number of carbonyl (C=O) groups excluding carboxylic acids is 2. The lowest BCUT2D eigenvalue weighted by Crippen LogP contribution is -2.46. The number of nitrogens with zero attached hydrogens (tertiary/aromatic N) is 2. The number of ether oxygens (including phenoxy) is 2. The number of nitrogens with two attached hydrogens (primary N) is 1. The van der Waals surface area contributed by atoms with Crippen molar-refractivity contribution in [3.05, 3.63) is 29.8 Å². The van der Waals surface area contributed by atoms with Crippen LogP contribution in [0.1, 0.15) is 18.4 Å². The number of hydrogen-bond donors (Lipinski definition) is 2. The smallest absolute Gasteiger partial charge is 0.308 e. The van der Waals surface area contributed by atoms with Gasteiger partial charge in [-0.25, -0.2) is 0 Å². The van der Waals surface area contributed by atoms with Crippen LogP contribution in [0.3, 0.4) is 0 Å². The van der Waals surface area contributed by atoms with E-state index in [0.717, 1.165) is 37.5 Å². The molecule has 0 bridgehead atoms. The fraction of sp³-hybridized carbons (Fsp3) is 0.500. The van der Waals surface area contributed by atoms with Gasteiger partial charge in [-0.3, -0.25) is 14.6 Å². The summed E-state index contributed by atoms with van der Waals surface area (Å²) < 4.78 is 10.1. The Balaban J connectivity index is 1.87. The Hall–Kier alpha value is -2.77.